The van der Waals surface area contributed by atoms with Gasteiger partial charge in [-0.2, -0.15) is 0 Å². The van der Waals surface area contributed by atoms with Crippen LogP contribution < -0.4 is 21.3 Å². The van der Waals surface area contributed by atoms with Gasteiger partial charge >= 0.3 is 12.1 Å². The maximum absolute atomic E-state index is 13.7. The average molecular weight is 683 g/mol. The van der Waals surface area contributed by atoms with E-state index in [1.165, 1.54) is 14.0 Å². The topological polar surface area (TPSA) is 172 Å². The van der Waals surface area contributed by atoms with E-state index in [0.29, 0.717) is 12.8 Å². The van der Waals surface area contributed by atoms with Crippen LogP contribution in [0.5, 0.6) is 0 Å². The molecular weight excluding hydrogens is 628 g/mol. The van der Waals surface area contributed by atoms with E-state index in [1.54, 1.807) is 27.7 Å². The summed E-state index contributed by atoms with van der Waals surface area (Å²) in [6.07, 6.45) is -0.602. The predicted octanol–water partition coefficient (Wildman–Crippen LogP) is 3.65. The molecule has 0 aliphatic rings. The number of carbonyl (C=O) groups is 5. The van der Waals surface area contributed by atoms with Crippen molar-refractivity contribution in [2.45, 2.75) is 104 Å². The van der Waals surface area contributed by atoms with Crippen LogP contribution >= 0.6 is 0 Å². The molecule has 49 heavy (non-hydrogen) atoms. The van der Waals surface area contributed by atoms with Gasteiger partial charge in [0.15, 0.2) is 0 Å². The van der Waals surface area contributed by atoms with Gasteiger partial charge in [-0.25, -0.2) is 9.59 Å². The van der Waals surface area contributed by atoms with E-state index >= 15 is 0 Å². The van der Waals surface area contributed by atoms with Crippen molar-refractivity contribution in [3.8, 4) is 0 Å². The molecule has 12 heteroatoms. The molecule has 6 atom stereocenters. The molecule has 0 radical (unpaired) electrons. The Morgan fingerprint density at radius 3 is 1.80 bits per heavy atom. The average Bonchev–Trinajstić information content (AvgIpc) is 3.08. The van der Waals surface area contributed by atoms with Crippen LogP contribution in [-0.2, 0) is 41.7 Å². The van der Waals surface area contributed by atoms with Gasteiger partial charge in [0.05, 0.1) is 19.3 Å². The SMILES string of the molecule is CCC[C@H](C[C@H](O)[C@H](Cc1ccccc1)NC(=O)C(C)NC(=O)OCc1ccccc1)C(=O)NC(C(=O)NC(C(=O)OC)C(C)C)C(C)C. The highest BCUT2D eigenvalue weighted by Crippen LogP contribution is 2.20. The molecule has 0 heterocycles. The number of nitrogens with one attached hydrogen (secondary N) is 4. The first kappa shape index (κ1) is 40.7. The normalized spacial score (nSPS) is 14.8. The lowest BCUT2D eigenvalue weighted by Gasteiger charge is -2.30. The van der Waals surface area contributed by atoms with Gasteiger partial charge in [0.25, 0.3) is 0 Å². The molecule has 0 aliphatic carbocycles. The molecule has 0 aliphatic heterocycles. The van der Waals surface area contributed by atoms with E-state index in [0.717, 1.165) is 11.1 Å². The molecule has 0 bridgehead atoms. The molecular formula is C37H54N4O8. The van der Waals surface area contributed by atoms with Gasteiger partial charge in [-0.3, -0.25) is 14.4 Å². The Bertz CT molecular complexity index is 1340. The molecule has 0 spiro atoms. The van der Waals surface area contributed by atoms with Gasteiger partial charge < -0.3 is 35.8 Å². The Hall–Kier alpha value is -4.45. The lowest BCUT2D eigenvalue weighted by molar-refractivity contribution is -0.147. The lowest BCUT2D eigenvalue weighted by Crippen LogP contribution is -2.56. The van der Waals surface area contributed by atoms with Crippen LogP contribution in [0.25, 0.3) is 0 Å². The molecule has 4 amide bonds. The molecule has 3 unspecified atom stereocenters. The number of rotatable bonds is 19. The van der Waals surface area contributed by atoms with E-state index in [9.17, 15) is 29.1 Å². The van der Waals surface area contributed by atoms with Crippen LogP contribution in [0.2, 0.25) is 0 Å². The third-order valence-corrected chi connectivity index (χ3v) is 8.23. The van der Waals surface area contributed by atoms with Crippen LogP contribution in [-0.4, -0.2) is 72.3 Å². The first-order valence-electron chi connectivity index (χ1n) is 16.9. The summed E-state index contributed by atoms with van der Waals surface area (Å²) < 4.78 is 10.1. The van der Waals surface area contributed by atoms with E-state index < -0.39 is 66.0 Å². The minimum atomic E-state index is -1.15. The van der Waals surface area contributed by atoms with E-state index in [4.69, 9.17) is 9.47 Å². The molecule has 2 aromatic carbocycles. The summed E-state index contributed by atoms with van der Waals surface area (Å²) in [6.45, 7) is 10.6. The molecule has 0 fully saturated rings. The van der Waals surface area contributed by atoms with Crippen LogP contribution in [0.4, 0.5) is 4.79 Å². The number of hydrogen-bond donors (Lipinski definition) is 5. The number of aliphatic hydroxyl groups excluding tert-OH is 1. The number of amides is 4. The third kappa shape index (κ3) is 13.9. The summed E-state index contributed by atoms with van der Waals surface area (Å²) in [5.74, 6) is -3.28. The summed E-state index contributed by atoms with van der Waals surface area (Å²) in [5.41, 5.74) is 1.65. The second-order valence-electron chi connectivity index (χ2n) is 13.0. The fourth-order valence-corrected chi connectivity index (χ4v) is 5.30. The summed E-state index contributed by atoms with van der Waals surface area (Å²) >= 11 is 0. The van der Waals surface area contributed by atoms with Crippen molar-refractivity contribution in [2.75, 3.05) is 7.11 Å². The predicted molar refractivity (Wildman–Crippen MR) is 186 cm³/mol. The molecule has 5 N–H and O–H groups in total. The number of alkyl carbamates (subject to hydrolysis) is 1. The van der Waals surface area contributed by atoms with Crippen molar-refractivity contribution >= 4 is 29.8 Å². The zero-order chi connectivity index (χ0) is 36.5. The molecule has 2 aromatic rings. The maximum atomic E-state index is 13.7. The quantitative estimate of drug-likeness (QED) is 0.140. The van der Waals surface area contributed by atoms with Crippen molar-refractivity contribution < 1.29 is 38.6 Å². The maximum Gasteiger partial charge on any atom is 0.408 e. The van der Waals surface area contributed by atoms with E-state index in [1.807, 2.05) is 67.6 Å². The summed E-state index contributed by atoms with van der Waals surface area (Å²) in [4.78, 5) is 64.8. The highest BCUT2D eigenvalue weighted by Gasteiger charge is 2.34. The van der Waals surface area contributed by atoms with Crippen molar-refractivity contribution in [3.63, 3.8) is 0 Å². The third-order valence-electron chi connectivity index (χ3n) is 8.23. The first-order valence-corrected chi connectivity index (χ1v) is 16.9. The summed E-state index contributed by atoms with van der Waals surface area (Å²) in [5, 5.41) is 22.5. The second kappa shape index (κ2) is 20.8. The standard InChI is InChI=1S/C37H54N4O8/c1-8-15-28(34(44)40-31(23(2)3)35(45)41-32(24(4)5)36(46)48-7)21-30(42)29(20-26-16-11-9-12-17-26)39-33(43)25(6)38-37(47)49-22-27-18-13-10-14-19-27/h9-14,16-19,23-25,28-32,42H,8,15,20-22H2,1-7H3,(H,38,47)(H,39,43)(H,40,44)(H,41,45)/t25?,28-,29+,30+,31?,32?/m1/s1. The molecule has 12 nitrogen and oxygen atoms in total. The van der Waals surface area contributed by atoms with Crippen LogP contribution in [0.15, 0.2) is 60.7 Å². The lowest BCUT2D eigenvalue weighted by atomic mass is 9.89. The van der Waals surface area contributed by atoms with E-state index in [-0.39, 0.29) is 31.3 Å². The number of aliphatic hydroxyl groups is 1. The smallest absolute Gasteiger partial charge is 0.408 e. The number of benzene rings is 2. The highest BCUT2D eigenvalue weighted by atomic mass is 16.5. The molecule has 2 rings (SSSR count). The first-order chi connectivity index (χ1) is 23.3. The Labute approximate surface area is 290 Å². The van der Waals surface area contributed by atoms with E-state index in [2.05, 4.69) is 21.3 Å². The minimum Gasteiger partial charge on any atom is -0.467 e. The summed E-state index contributed by atoms with van der Waals surface area (Å²) in [6, 6.07) is 14.8. The van der Waals surface area contributed by atoms with Crippen LogP contribution in [0.3, 0.4) is 0 Å². The van der Waals surface area contributed by atoms with Crippen LogP contribution in [0, 0.1) is 17.8 Å². The second-order valence-corrected chi connectivity index (χ2v) is 13.0. The zero-order valence-corrected chi connectivity index (χ0v) is 29.7. The van der Waals surface area contributed by atoms with Gasteiger partial charge in [-0.05, 0) is 49.1 Å². The number of carbonyl (C=O) groups excluding carboxylic acids is 5. The number of hydrogen-bond acceptors (Lipinski definition) is 8. The zero-order valence-electron chi connectivity index (χ0n) is 29.7. The Morgan fingerprint density at radius 2 is 1.27 bits per heavy atom. The van der Waals surface area contributed by atoms with Crippen molar-refractivity contribution in [2.24, 2.45) is 17.8 Å². The largest absolute Gasteiger partial charge is 0.467 e. The molecule has 0 saturated heterocycles. The number of ether oxygens (including phenoxy) is 2. The van der Waals surface area contributed by atoms with Gasteiger partial charge in [-0.15, -0.1) is 0 Å². The molecule has 0 aromatic heterocycles. The van der Waals surface area contributed by atoms with Gasteiger partial charge in [-0.1, -0.05) is 102 Å². The Kier molecular flexibility index (Phi) is 17.3. The highest BCUT2D eigenvalue weighted by molar-refractivity contribution is 5.91. The van der Waals surface area contributed by atoms with Gasteiger partial charge in [0.2, 0.25) is 17.7 Å². The van der Waals surface area contributed by atoms with Gasteiger partial charge in [0.1, 0.15) is 24.7 Å². The number of esters is 1. The van der Waals surface area contributed by atoms with Crippen molar-refractivity contribution in [3.05, 3.63) is 71.8 Å². The van der Waals surface area contributed by atoms with Crippen molar-refractivity contribution in [1.82, 2.24) is 21.3 Å². The Morgan fingerprint density at radius 1 is 0.714 bits per heavy atom. The Balaban J connectivity index is 2.16. The fourth-order valence-electron chi connectivity index (χ4n) is 5.30. The van der Waals surface area contributed by atoms with Crippen molar-refractivity contribution in [1.29, 1.82) is 0 Å². The molecule has 270 valence electrons. The summed E-state index contributed by atoms with van der Waals surface area (Å²) in [7, 11) is 1.25. The number of methoxy groups -OCH3 is 1. The molecule has 0 saturated carbocycles. The minimum absolute atomic E-state index is 0.00158. The van der Waals surface area contributed by atoms with Crippen LogP contribution in [0.1, 0.15) is 71.9 Å². The monoisotopic (exact) mass is 682 g/mol. The van der Waals surface area contributed by atoms with Gasteiger partial charge in [0, 0.05) is 5.92 Å². The fraction of sp³-hybridized carbons (Fsp3) is 0.541.